The molecule has 0 radical (unpaired) electrons. The first-order chi connectivity index (χ1) is 12.2. The van der Waals surface area contributed by atoms with Crippen LogP contribution in [0.3, 0.4) is 0 Å². The summed E-state index contributed by atoms with van der Waals surface area (Å²) in [6.45, 7) is 2.44. The number of rotatable bonds is 3. The Morgan fingerprint density at radius 3 is 2.56 bits per heavy atom. The molecule has 2 aliphatic heterocycles. The fourth-order valence-electron chi connectivity index (χ4n) is 2.94. The van der Waals surface area contributed by atoms with Crippen LogP contribution in [-0.4, -0.2) is 30.0 Å². The summed E-state index contributed by atoms with van der Waals surface area (Å²) in [5.74, 6) is 0. The molecular formula is C20H20O4S. The van der Waals surface area contributed by atoms with Gasteiger partial charge in [-0.2, -0.15) is 0 Å². The van der Waals surface area contributed by atoms with Crippen LogP contribution in [0.5, 0.6) is 0 Å². The predicted molar refractivity (Wildman–Crippen MR) is 96.0 cm³/mol. The van der Waals surface area contributed by atoms with Crippen LogP contribution in [0.25, 0.3) is 0 Å². The highest BCUT2D eigenvalue weighted by Gasteiger charge is 2.41. The maximum absolute atomic E-state index is 10.5. The number of aryl methyl sites for hydroxylation is 1. The second-order valence-corrected chi connectivity index (χ2v) is 7.30. The van der Waals surface area contributed by atoms with Crippen LogP contribution in [0.2, 0.25) is 0 Å². The van der Waals surface area contributed by atoms with Crippen LogP contribution >= 0.6 is 11.8 Å². The summed E-state index contributed by atoms with van der Waals surface area (Å²) in [7, 11) is 0. The standard InChI is InChI=1S/C20H20O4S/c1-13-7-9-15(10-8-13)25-18-11-16(21)19-17(23-18)12-22-20(24-19)14-5-3-2-4-6-14/h2-11,16-17,19-21H,12H2,1H3/t16-,17-,19+,20?/m1/s1. The van der Waals surface area contributed by atoms with Gasteiger partial charge < -0.3 is 19.3 Å². The third kappa shape index (κ3) is 3.75. The van der Waals surface area contributed by atoms with Crippen LogP contribution in [0.1, 0.15) is 17.4 Å². The number of aliphatic hydroxyl groups excluding tert-OH is 1. The molecule has 2 aromatic carbocycles. The highest BCUT2D eigenvalue weighted by molar-refractivity contribution is 8.02. The molecule has 0 bridgehead atoms. The Morgan fingerprint density at radius 2 is 1.80 bits per heavy atom. The van der Waals surface area contributed by atoms with Gasteiger partial charge >= 0.3 is 0 Å². The van der Waals surface area contributed by atoms with E-state index in [-0.39, 0.29) is 6.10 Å². The SMILES string of the molecule is Cc1ccc(SC2=C[C@@H](O)[C@@H]3OC(c4ccccc4)OC[C@H]3O2)cc1. The summed E-state index contributed by atoms with van der Waals surface area (Å²) in [6, 6.07) is 17.9. The van der Waals surface area contributed by atoms with Gasteiger partial charge in [0.1, 0.15) is 12.2 Å². The maximum Gasteiger partial charge on any atom is 0.184 e. The maximum atomic E-state index is 10.5. The molecule has 1 saturated heterocycles. The van der Waals surface area contributed by atoms with Gasteiger partial charge in [-0.3, -0.25) is 0 Å². The average molecular weight is 356 g/mol. The van der Waals surface area contributed by atoms with Crippen molar-refractivity contribution in [3.05, 3.63) is 76.9 Å². The van der Waals surface area contributed by atoms with E-state index in [1.165, 1.54) is 17.3 Å². The quantitative estimate of drug-likeness (QED) is 0.906. The molecule has 130 valence electrons. The van der Waals surface area contributed by atoms with Crippen molar-refractivity contribution in [3.63, 3.8) is 0 Å². The Hall–Kier alpha value is -1.79. The Labute approximate surface area is 151 Å². The minimum absolute atomic E-state index is 0.312. The van der Waals surface area contributed by atoms with E-state index in [0.717, 1.165) is 10.5 Å². The molecule has 1 N–H and O–H groups in total. The number of thioether (sulfide) groups is 1. The van der Waals surface area contributed by atoms with E-state index in [1.807, 2.05) is 42.5 Å². The van der Waals surface area contributed by atoms with Crippen molar-refractivity contribution in [2.45, 2.75) is 36.4 Å². The molecule has 2 aliphatic rings. The highest BCUT2D eigenvalue weighted by atomic mass is 32.2. The largest absolute Gasteiger partial charge is 0.479 e. The topological polar surface area (TPSA) is 47.9 Å². The zero-order chi connectivity index (χ0) is 17.2. The summed E-state index contributed by atoms with van der Waals surface area (Å²) < 4.78 is 17.7. The van der Waals surface area contributed by atoms with E-state index in [4.69, 9.17) is 14.2 Å². The van der Waals surface area contributed by atoms with Gasteiger partial charge in [0.05, 0.1) is 6.61 Å². The minimum atomic E-state index is -0.721. The average Bonchev–Trinajstić information content (AvgIpc) is 2.64. The molecule has 0 aliphatic carbocycles. The predicted octanol–water partition coefficient (Wildman–Crippen LogP) is 3.80. The lowest BCUT2D eigenvalue weighted by molar-refractivity contribution is -0.277. The number of aliphatic hydroxyl groups is 1. The molecule has 1 fully saturated rings. The van der Waals surface area contributed by atoms with Crippen molar-refractivity contribution >= 4 is 11.8 Å². The van der Waals surface area contributed by atoms with Crippen molar-refractivity contribution in [3.8, 4) is 0 Å². The number of fused-ring (bicyclic) bond motifs is 1. The van der Waals surface area contributed by atoms with Crippen molar-refractivity contribution < 1.29 is 19.3 Å². The first kappa shape index (κ1) is 16.7. The van der Waals surface area contributed by atoms with Crippen LogP contribution in [-0.2, 0) is 14.2 Å². The van der Waals surface area contributed by atoms with Crippen molar-refractivity contribution in [2.24, 2.45) is 0 Å². The molecule has 0 aromatic heterocycles. The minimum Gasteiger partial charge on any atom is -0.479 e. The molecular weight excluding hydrogens is 336 g/mol. The smallest absolute Gasteiger partial charge is 0.184 e. The summed E-state index contributed by atoms with van der Waals surface area (Å²) in [6.07, 6.45) is -0.213. The van der Waals surface area contributed by atoms with Gasteiger partial charge in [-0.25, -0.2) is 0 Å². The first-order valence-corrected chi connectivity index (χ1v) is 9.14. The van der Waals surface area contributed by atoms with E-state index in [1.54, 1.807) is 6.08 Å². The van der Waals surface area contributed by atoms with Crippen molar-refractivity contribution in [1.82, 2.24) is 0 Å². The van der Waals surface area contributed by atoms with Gasteiger partial charge in [-0.15, -0.1) is 0 Å². The molecule has 1 unspecified atom stereocenters. The molecule has 0 spiro atoms. The first-order valence-electron chi connectivity index (χ1n) is 8.32. The van der Waals surface area contributed by atoms with Gasteiger partial charge in [0.2, 0.25) is 0 Å². The van der Waals surface area contributed by atoms with E-state index < -0.39 is 18.5 Å². The van der Waals surface area contributed by atoms with E-state index in [9.17, 15) is 5.11 Å². The molecule has 5 heteroatoms. The number of ether oxygens (including phenoxy) is 3. The van der Waals surface area contributed by atoms with Gasteiger partial charge in [0.15, 0.2) is 17.5 Å². The van der Waals surface area contributed by atoms with Crippen LogP contribution in [0, 0.1) is 6.92 Å². The Balaban J connectivity index is 1.46. The zero-order valence-corrected chi connectivity index (χ0v) is 14.7. The van der Waals surface area contributed by atoms with Gasteiger partial charge in [0.25, 0.3) is 0 Å². The third-order valence-electron chi connectivity index (χ3n) is 4.28. The number of benzene rings is 2. The molecule has 4 nitrogen and oxygen atoms in total. The summed E-state index contributed by atoms with van der Waals surface area (Å²) >= 11 is 1.50. The van der Waals surface area contributed by atoms with E-state index >= 15 is 0 Å². The fourth-order valence-corrected chi connectivity index (χ4v) is 3.82. The number of hydrogen-bond donors (Lipinski definition) is 1. The van der Waals surface area contributed by atoms with Gasteiger partial charge in [-0.05, 0) is 25.1 Å². The molecule has 4 rings (SSSR count). The molecule has 25 heavy (non-hydrogen) atoms. The van der Waals surface area contributed by atoms with Crippen molar-refractivity contribution in [1.29, 1.82) is 0 Å². The lowest BCUT2D eigenvalue weighted by Crippen LogP contribution is -2.50. The molecule has 2 heterocycles. The normalized spacial score (nSPS) is 28.6. The fraction of sp³-hybridized carbons (Fsp3) is 0.300. The van der Waals surface area contributed by atoms with Gasteiger partial charge in [0, 0.05) is 10.5 Å². The molecule has 0 saturated carbocycles. The second-order valence-electron chi connectivity index (χ2n) is 6.22. The Kier molecular flexibility index (Phi) is 4.81. The molecule has 4 atom stereocenters. The second kappa shape index (κ2) is 7.22. The van der Waals surface area contributed by atoms with E-state index in [2.05, 4.69) is 19.1 Å². The lowest BCUT2D eigenvalue weighted by atomic mass is 10.0. The van der Waals surface area contributed by atoms with Gasteiger partial charge in [-0.1, -0.05) is 59.8 Å². The summed E-state index contributed by atoms with van der Waals surface area (Å²) in [5.41, 5.74) is 2.15. The molecule has 0 amide bonds. The summed E-state index contributed by atoms with van der Waals surface area (Å²) in [5, 5.41) is 11.2. The Morgan fingerprint density at radius 1 is 1.04 bits per heavy atom. The number of hydrogen-bond acceptors (Lipinski definition) is 5. The van der Waals surface area contributed by atoms with Crippen LogP contribution in [0.4, 0.5) is 0 Å². The van der Waals surface area contributed by atoms with Crippen molar-refractivity contribution in [2.75, 3.05) is 6.61 Å². The highest BCUT2D eigenvalue weighted by Crippen LogP contribution is 2.37. The van der Waals surface area contributed by atoms with Crippen LogP contribution in [0.15, 0.2) is 70.7 Å². The monoisotopic (exact) mass is 356 g/mol. The third-order valence-corrected chi connectivity index (χ3v) is 5.22. The molecule has 2 aromatic rings. The van der Waals surface area contributed by atoms with E-state index in [0.29, 0.717) is 11.7 Å². The van der Waals surface area contributed by atoms with Crippen LogP contribution < -0.4 is 0 Å². The lowest BCUT2D eigenvalue weighted by Gasteiger charge is -2.41. The summed E-state index contributed by atoms with van der Waals surface area (Å²) in [4.78, 5) is 1.07. The zero-order valence-electron chi connectivity index (χ0n) is 13.9. The Bertz CT molecular complexity index is 744.